The summed E-state index contributed by atoms with van der Waals surface area (Å²) in [5.41, 5.74) is 5.74. The molecule has 2 aliphatic heterocycles. The predicted octanol–water partition coefficient (Wildman–Crippen LogP) is 6.08. The van der Waals surface area contributed by atoms with Gasteiger partial charge in [0.25, 0.3) is 0 Å². The van der Waals surface area contributed by atoms with Crippen LogP contribution in [0.15, 0.2) is 66.7 Å². The fraction of sp³-hybridized carbons (Fsp3) is 0.300. The van der Waals surface area contributed by atoms with E-state index in [9.17, 15) is 0 Å². The first-order valence-corrected chi connectivity index (χ1v) is 12.9. The minimum Gasteiger partial charge on any atom is -0.454 e. The van der Waals surface area contributed by atoms with Gasteiger partial charge in [-0.3, -0.25) is 4.90 Å². The third kappa shape index (κ3) is 5.27. The summed E-state index contributed by atoms with van der Waals surface area (Å²) >= 11 is 0. The van der Waals surface area contributed by atoms with E-state index in [1.807, 2.05) is 18.2 Å². The molecule has 0 spiro atoms. The fourth-order valence-electron chi connectivity index (χ4n) is 4.85. The number of aromatic nitrogens is 2. The van der Waals surface area contributed by atoms with Crippen LogP contribution in [0.25, 0.3) is 11.4 Å². The van der Waals surface area contributed by atoms with Crippen molar-refractivity contribution in [1.82, 2.24) is 14.9 Å². The second-order valence-electron chi connectivity index (χ2n) is 9.50. The summed E-state index contributed by atoms with van der Waals surface area (Å²) in [6, 6.07) is 22.7. The number of rotatable bonds is 10. The van der Waals surface area contributed by atoms with Crippen molar-refractivity contribution in [2.24, 2.45) is 0 Å². The number of benzene rings is 3. The van der Waals surface area contributed by atoms with Crippen molar-refractivity contribution >= 4 is 0 Å². The molecule has 0 saturated carbocycles. The molecule has 0 saturated heterocycles. The van der Waals surface area contributed by atoms with Crippen molar-refractivity contribution in [3.8, 4) is 34.4 Å². The highest BCUT2D eigenvalue weighted by atomic mass is 16.7. The number of ether oxygens (including phenoxy) is 4. The average Bonchev–Trinajstić information content (AvgIpc) is 3.67. The van der Waals surface area contributed by atoms with Crippen molar-refractivity contribution in [3.63, 3.8) is 0 Å². The molecule has 0 fully saturated rings. The molecular formula is C30H31N3O4. The number of unbranched alkanes of at least 4 members (excludes halogenated alkanes) is 1. The van der Waals surface area contributed by atoms with Gasteiger partial charge >= 0.3 is 0 Å². The van der Waals surface area contributed by atoms with E-state index < -0.39 is 0 Å². The molecule has 3 aromatic carbocycles. The lowest BCUT2D eigenvalue weighted by Gasteiger charge is -2.23. The number of H-pyrrole nitrogens is 1. The lowest BCUT2D eigenvalue weighted by molar-refractivity contribution is 0.173. The Kier molecular flexibility index (Phi) is 6.69. The minimum atomic E-state index is 0.275. The quantitative estimate of drug-likeness (QED) is 0.286. The van der Waals surface area contributed by atoms with Crippen LogP contribution in [-0.2, 0) is 26.1 Å². The third-order valence-corrected chi connectivity index (χ3v) is 6.75. The van der Waals surface area contributed by atoms with Gasteiger partial charge in [0.05, 0.1) is 11.4 Å². The molecule has 7 heteroatoms. The Morgan fingerprint density at radius 3 is 2.00 bits per heavy atom. The Morgan fingerprint density at radius 1 is 0.757 bits per heavy atom. The van der Waals surface area contributed by atoms with Gasteiger partial charge in [-0.25, -0.2) is 4.98 Å². The summed E-state index contributed by atoms with van der Waals surface area (Å²) in [5, 5.41) is 0. The zero-order valence-corrected chi connectivity index (χ0v) is 21.0. The van der Waals surface area contributed by atoms with Crippen molar-refractivity contribution in [1.29, 1.82) is 0 Å². The molecule has 0 bridgehead atoms. The molecule has 6 rings (SSSR count). The SMILES string of the molecule is CCCCc1nc(-c2ccccc2)[nH]c1CN(Cc1ccc2c(c1)OCO2)Cc1ccc2c(c1)OCO2. The van der Waals surface area contributed by atoms with Crippen LogP contribution in [0.4, 0.5) is 0 Å². The van der Waals surface area contributed by atoms with Crippen LogP contribution in [-0.4, -0.2) is 28.5 Å². The summed E-state index contributed by atoms with van der Waals surface area (Å²) in [6.07, 6.45) is 3.19. The van der Waals surface area contributed by atoms with E-state index in [2.05, 4.69) is 65.3 Å². The van der Waals surface area contributed by atoms with Crippen LogP contribution in [0.2, 0.25) is 0 Å². The zero-order valence-electron chi connectivity index (χ0n) is 21.0. The number of hydrogen-bond acceptors (Lipinski definition) is 6. The van der Waals surface area contributed by atoms with Gasteiger partial charge < -0.3 is 23.9 Å². The number of aromatic amines is 1. The van der Waals surface area contributed by atoms with Crippen LogP contribution in [0.1, 0.15) is 42.3 Å². The van der Waals surface area contributed by atoms with E-state index in [-0.39, 0.29) is 13.6 Å². The summed E-state index contributed by atoms with van der Waals surface area (Å²) in [4.78, 5) is 11.1. The van der Waals surface area contributed by atoms with Gasteiger partial charge in [-0.05, 0) is 48.2 Å². The molecule has 3 heterocycles. The topological polar surface area (TPSA) is 68.8 Å². The van der Waals surface area contributed by atoms with Crippen LogP contribution >= 0.6 is 0 Å². The van der Waals surface area contributed by atoms with E-state index in [1.165, 1.54) is 11.1 Å². The van der Waals surface area contributed by atoms with Crippen molar-refractivity contribution in [2.45, 2.75) is 45.8 Å². The van der Waals surface area contributed by atoms with Gasteiger partial charge in [0.15, 0.2) is 23.0 Å². The van der Waals surface area contributed by atoms with E-state index in [0.29, 0.717) is 0 Å². The first kappa shape index (κ1) is 23.4. The van der Waals surface area contributed by atoms with Crippen molar-refractivity contribution < 1.29 is 18.9 Å². The normalized spacial score (nSPS) is 13.5. The van der Waals surface area contributed by atoms with E-state index in [0.717, 1.165) is 84.7 Å². The standard InChI is InChI=1S/C30H31N3O4/c1-2-3-9-24-25(32-30(31-24)23-7-5-4-6-8-23)18-33(16-21-10-12-26-28(14-21)36-19-34-26)17-22-11-13-27-29(15-22)37-20-35-27/h4-8,10-15H,2-3,9,16-20H2,1H3,(H,31,32). The minimum absolute atomic E-state index is 0.275. The average molecular weight is 498 g/mol. The molecule has 1 aromatic heterocycles. The highest BCUT2D eigenvalue weighted by Crippen LogP contribution is 2.35. The summed E-state index contributed by atoms with van der Waals surface area (Å²) < 4.78 is 22.3. The van der Waals surface area contributed by atoms with Crippen LogP contribution in [0.3, 0.4) is 0 Å². The number of fused-ring (bicyclic) bond motifs is 2. The van der Waals surface area contributed by atoms with Crippen LogP contribution in [0.5, 0.6) is 23.0 Å². The lowest BCUT2D eigenvalue weighted by Crippen LogP contribution is -2.23. The first-order valence-electron chi connectivity index (χ1n) is 12.9. The third-order valence-electron chi connectivity index (χ3n) is 6.75. The van der Waals surface area contributed by atoms with E-state index in [4.69, 9.17) is 23.9 Å². The number of nitrogens with zero attached hydrogens (tertiary/aromatic N) is 2. The number of imidazole rings is 1. The van der Waals surface area contributed by atoms with E-state index in [1.54, 1.807) is 0 Å². The zero-order chi connectivity index (χ0) is 25.0. The Bertz CT molecular complexity index is 1310. The van der Waals surface area contributed by atoms with Gasteiger partial charge in [-0.2, -0.15) is 0 Å². The maximum Gasteiger partial charge on any atom is 0.231 e. The Balaban J connectivity index is 1.30. The fourth-order valence-corrected chi connectivity index (χ4v) is 4.85. The molecule has 7 nitrogen and oxygen atoms in total. The summed E-state index contributed by atoms with van der Waals surface area (Å²) in [7, 11) is 0. The van der Waals surface area contributed by atoms with Crippen molar-refractivity contribution in [2.75, 3.05) is 13.6 Å². The van der Waals surface area contributed by atoms with Gasteiger partial charge in [0, 0.05) is 25.2 Å². The second kappa shape index (κ2) is 10.6. The largest absolute Gasteiger partial charge is 0.454 e. The Morgan fingerprint density at radius 2 is 1.38 bits per heavy atom. The Hall–Kier alpha value is -3.97. The molecule has 0 radical (unpaired) electrons. The Labute approximate surface area is 217 Å². The summed E-state index contributed by atoms with van der Waals surface area (Å²) in [5.74, 6) is 4.13. The molecule has 4 aromatic rings. The van der Waals surface area contributed by atoms with Gasteiger partial charge in [-0.1, -0.05) is 55.8 Å². The second-order valence-corrected chi connectivity index (χ2v) is 9.50. The van der Waals surface area contributed by atoms with Gasteiger partial charge in [0.2, 0.25) is 13.6 Å². The molecule has 0 amide bonds. The molecular weight excluding hydrogens is 466 g/mol. The summed E-state index contributed by atoms with van der Waals surface area (Å²) in [6.45, 7) is 5.00. The molecule has 1 N–H and O–H groups in total. The molecule has 37 heavy (non-hydrogen) atoms. The molecule has 2 aliphatic rings. The maximum atomic E-state index is 5.64. The van der Waals surface area contributed by atoms with Crippen LogP contribution in [0, 0.1) is 0 Å². The molecule has 190 valence electrons. The van der Waals surface area contributed by atoms with Gasteiger partial charge in [0.1, 0.15) is 5.82 Å². The van der Waals surface area contributed by atoms with E-state index >= 15 is 0 Å². The smallest absolute Gasteiger partial charge is 0.231 e. The first-order chi connectivity index (χ1) is 18.2. The lowest BCUT2D eigenvalue weighted by atomic mass is 10.1. The maximum absolute atomic E-state index is 5.64. The monoisotopic (exact) mass is 497 g/mol. The van der Waals surface area contributed by atoms with Gasteiger partial charge in [-0.15, -0.1) is 0 Å². The highest BCUT2D eigenvalue weighted by molar-refractivity contribution is 5.55. The molecule has 0 aliphatic carbocycles. The van der Waals surface area contributed by atoms with Crippen LogP contribution < -0.4 is 18.9 Å². The number of nitrogens with one attached hydrogen (secondary N) is 1. The highest BCUT2D eigenvalue weighted by Gasteiger charge is 2.20. The molecule has 0 unspecified atom stereocenters. The molecule has 0 atom stereocenters. The predicted molar refractivity (Wildman–Crippen MR) is 141 cm³/mol. The number of hydrogen-bond donors (Lipinski definition) is 1. The van der Waals surface area contributed by atoms with Crippen molar-refractivity contribution in [3.05, 3.63) is 89.2 Å². The number of aryl methyl sites for hydroxylation is 1.